The number of hydrogen-bond donors (Lipinski definition) is 1. The van der Waals surface area contributed by atoms with Crippen molar-refractivity contribution in [2.45, 2.75) is 51.6 Å². The summed E-state index contributed by atoms with van der Waals surface area (Å²) >= 11 is 0. The van der Waals surface area contributed by atoms with Crippen LogP contribution in [0.1, 0.15) is 46.0 Å². The van der Waals surface area contributed by atoms with Gasteiger partial charge in [0.2, 0.25) is 0 Å². The Morgan fingerprint density at radius 3 is 1.91 bits per heavy atom. The van der Waals surface area contributed by atoms with Crippen molar-refractivity contribution < 1.29 is 5.11 Å². The molecule has 1 aliphatic rings. The first-order chi connectivity index (χ1) is 5.27. The van der Waals surface area contributed by atoms with Gasteiger partial charge in [-0.2, -0.15) is 0 Å². The summed E-state index contributed by atoms with van der Waals surface area (Å²) in [5.41, 5.74) is -0.752. The van der Waals surface area contributed by atoms with E-state index in [0.717, 1.165) is 25.7 Å². The molecule has 0 aromatic heterocycles. The van der Waals surface area contributed by atoms with Crippen molar-refractivity contribution in [3.63, 3.8) is 0 Å². The Balaban J connectivity index is 0.000000461. The predicted octanol–water partition coefficient (Wildman–Crippen LogP) is 2.34. The van der Waals surface area contributed by atoms with Gasteiger partial charge in [-0.05, 0) is 25.7 Å². The highest BCUT2D eigenvalue weighted by Gasteiger charge is 2.25. The molecule has 0 amide bonds. The van der Waals surface area contributed by atoms with E-state index in [4.69, 9.17) is 6.42 Å². The molecule has 0 aromatic rings. The Morgan fingerprint density at radius 2 is 1.64 bits per heavy atom. The summed E-state index contributed by atoms with van der Waals surface area (Å²) < 4.78 is 0. The second-order valence-corrected chi connectivity index (χ2v) is 2.74. The summed E-state index contributed by atoms with van der Waals surface area (Å²) in [5.74, 6) is 2.44. The Hall–Kier alpha value is -0.480. The maximum absolute atomic E-state index is 9.44. The molecule has 0 radical (unpaired) electrons. The number of rotatable bonds is 0. The van der Waals surface area contributed by atoms with Gasteiger partial charge in [-0.25, -0.2) is 0 Å². The van der Waals surface area contributed by atoms with E-state index in [-0.39, 0.29) is 0 Å². The van der Waals surface area contributed by atoms with Crippen molar-refractivity contribution in [1.82, 2.24) is 0 Å². The molecule has 1 fully saturated rings. The van der Waals surface area contributed by atoms with E-state index < -0.39 is 5.60 Å². The molecule has 64 valence electrons. The summed E-state index contributed by atoms with van der Waals surface area (Å²) in [7, 11) is 0. The molecule has 0 heterocycles. The van der Waals surface area contributed by atoms with E-state index in [1.54, 1.807) is 0 Å². The quantitative estimate of drug-likeness (QED) is 0.531. The van der Waals surface area contributed by atoms with E-state index in [1.165, 1.54) is 6.42 Å². The van der Waals surface area contributed by atoms with Crippen LogP contribution in [0.25, 0.3) is 0 Å². The van der Waals surface area contributed by atoms with Crippen LogP contribution in [-0.2, 0) is 0 Å². The lowest BCUT2D eigenvalue weighted by molar-refractivity contribution is 0.0612. The monoisotopic (exact) mass is 154 g/mol. The maximum Gasteiger partial charge on any atom is 0.125 e. The van der Waals surface area contributed by atoms with Crippen molar-refractivity contribution in [2.75, 3.05) is 0 Å². The van der Waals surface area contributed by atoms with Crippen LogP contribution < -0.4 is 0 Å². The van der Waals surface area contributed by atoms with Crippen LogP contribution in [-0.4, -0.2) is 10.7 Å². The molecule has 1 N–H and O–H groups in total. The van der Waals surface area contributed by atoms with Crippen molar-refractivity contribution >= 4 is 0 Å². The summed E-state index contributed by atoms with van der Waals surface area (Å²) in [5, 5.41) is 9.44. The summed E-state index contributed by atoms with van der Waals surface area (Å²) in [6.07, 6.45) is 10.1. The average molecular weight is 154 g/mol. The summed E-state index contributed by atoms with van der Waals surface area (Å²) in [4.78, 5) is 0. The zero-order valence-corrected chi connectivity index (χ0v) is 7.56. The second-order valence-electron chi connectivity index (χ2n) is 2.74. The molecule has 1 nitrogen and oxygen atoms in total. The lowest BCUT2D eigenvalue weighted by Crippen LogP contribution is -2.28. The van der Waals surface area contributed by atoms with Crippen molar-refractivity contribution in [3.8, 4) is 12.3 Å². The highest BCUT2D eigenvalue weighted by molar-refractivity contribution is 5.07. The fourth-order valence-corrected chi connectivity index (χ4v) is 1.28. The van der Waals surface area contributed by atoms with Crippen LogP contribution in [0.2, 0.25) is 0 Å². The van der Waals surface area contributed by atoms with Crippen LogP contribution in [0.4, 0.5) is 0 Å². The van der Waals surface area contributed by atoms with Gasteiger partial charge in [-0.1, -0.05) is 26.2 Å². The lowest BCUT2D eigenvalue weighted by Gasteiger charge is -2.26. The average Bonchev–Trinajstić information content (AvgIpc) is 2.10. The van der Waals surface area contributed by atoms with Crippen molar-refractivity contribution in [3.05, 3.63) is 0 Å². The van der Waals surface area contributed by atoms with Gasteiger partial charge in [0.15, 0.2) is 0 Å². The Kier molecular flexibility index (Phi) is 4.98. The van der Waals surface area contributed by atoms with E-state index in [9.17, 15) is 5.11 Å². The first kappa shape index (κ1) is 10.5. The molecule has 0 aromatic carbocycles. The van der Waals surface area contributed by atoms with Crippen LogP contribution in [0.15, 0.2) is 0 Å². The fourth-order valence-electron chi connectivity index (χ4n) is 1.28. The van der Waals surface area contributed by atoms with Crippen LogP contribution in [0, 0.1) is 12.3 Å². The smallest absolute Gasteiger partial charge is 0.125 e. The largest absolute Gasteiger partial charge is 0.378 e. The third-order valence-corrected chi connectivity index (χ3v) is 1.95. The molecule has 1 heteroatoms. The molecule has 11 heavy (non-hydrogen) atoms. The normalized spacial score (nSPS) is 20.9. The number of hydrogen-bond acceptors (Lipinski definition) is 1. The van der Waals surface area contributed by atoms with Gasteiger partial charge >= 0.3 is 0 Å². The SMILES string of the molecule is C#CC1(O)CCCCC1.CC. The highest BCUT2D eigenvalue weighted by atomic mass is 16.3. The molecule has 1 aliphatic carbocycles. The van der Waals surface area contributed by atoms with Crippen LogP contribution in [0.3, 0.4) is 0 Å². The second kappa shape index (κ2) is 5.21. The zero-order chi connectivity index (χ0) is 8.74. The summed E-state index contributed by atoms with van der Waals surface area (Å²) in [6, 6.07) is 0. The van der Waals surface area contributed by atoms with Crippen molar-refractivity contribution in [1.29, 1.82) is 0 Å². The lowest BCUT2D eigenvalue weighted by atomic mass is 9.86. The minimum Gasteiger partial charge on any atom is -0.378 e. The van der Waals surface area contributed by atoms with Gasteiger partial charge in [0, 0.05) is 0 Å². The molecule has 0 unspecified atom stereocenters. The molecule has 0 saturated heterocycles. The molecule has 0 atom stereocenters. The van der Waals surface area contributed by atoms with Gasteiger partial charge in [0.25, 0.3) is 0 Å². The van der Waals surface area contributed by atoms with Gasteiger partial charge in [0.05, 0.1) is 0 Å². The van der Waals surface area contributed by atoms with Crippen LogP contribution in [0.5, 0.6) is 0 Å². The minimum atomic E-state index is -0.752. The third-order valence-electron chi connectivity index (χ3n) is 1.95. The molecular weight excluding hydrogens is 136 g/mol. The first-order valence-corrected chi connectivity index (χ1v) is 4.47. The molecule has 0 spiro atoms. The number of aliphatic hydroxyl groups is 1. The summed E-state index contributed by atoms with van der Waals surface area (Å²) in [6.45, 7) is 4.00. The van der Waals surface area contributed by atoms with Crippen LogP contribution >= 0.6 is 0 Å². The molecule has 0 aliphatic heterocycles. The molecule has 1 rings (SSSR count). The molecular formula is C10H18O. The Morgan fingerprint density at radius 1 is 1.18 bits per heavy atom. The predicted molar refractivity (Wildman–Crippen MR) is 48.2 cm³/mol. The van der Waals surface area contributed by atoms with Gasteiger partial charge in [0.1, 0.15) is 5.60 Å². The number of terminal acetylenes is 1. The Bertz CT molecular complexity index is 126. The minimum absolute atomic E-state index is 0.752. The van der Waals surface area contributed by atoms with E-state index >= 15 is 0 Å². The van der Waals surface area contributed by atoms with Gasteiger partial charge in [-0.15, -0.1) is 6.42 Å². The maximum atomic E-state index is 9.44. The van der Waals surface area contributed by atoms with Gasteiger partial charge < -0.3 is 5.11 Å². The Labute approximate surface area is 69.8 Å². The van der Waals surface area contributed by atoms with Gasteiger partial charge in [-0.3, -0.25) is 0 Å². The van der Waals surface area contributed by atoms with E-state index in [1.807, 2.05) is 13.8 Å². The fraction of sp³-hybridized carbons (Fsp3) is 0.800. The van der Waals surface area contributed by atoms with Crippen molar-refractivity contribution in [2.24, 2.45) is 0 Å². The molecule has 0 bridgehead atoms. The first-order valence-electron chi connectivity index (χ1n) is 4.47. The molecule has 1 saturated carbocycles. The highest BCUT2D eigenvalue weighted by Crippen LogP contribution is 2.26. The topological polar surface area (TPSA) is 20.2 Å². The standard InChI is InChI=1S/C8H12O.C2H6/c1-2-8(9)6-4-3-5-7-8;1-2/h1,9H,3-7H2;1-2H3. The van der Waals surface area contributed by atoms with E-state index in [0.29, 0.717) is 0 Å². The third kappa shape index (κ3) is 3.43. The zero-order valence-electron chi connectivity index (χ0n) is 7.56. The van der Waals surface area contributed by atoms with E-state index in [2.05, 4.69) is 5.92 Å².